The number of aryl methyl sites for hydroxylation is 1. The Morgan fingerprint density at radius 1 is 1.28 bits per heavy atom. The molecule has 5 nitrogen and oxygen atoms in total. The van der Waals surface area contributed by atoms with E-state index in [4.69, 9.17) is 9.26 Å². The van der Waals surface area contributed by atoms with E-state index in [2.05, 4.69) is 15.5 Å². The van der Waals surface area contributed by atoms with Crippen LogP contribution in [0.2, 0.25) is 0 Å². The van der Waals surface area contributed by atoms with Crippen molar-refractivity contribution in [2.75, 3.05) is 19.7 Å². The van der Waals surface area contributed by atoms with Gasteiger partial charge in [-0.15, -0.1) is 0 Å². The normalized spacial score (nSPS) is 19.9. The Labute approximate surface area is 105 Å². The van der Waals surface area contributed by atoms with Crippen LogP contribution in [0.3, 0.4) is 0 Å². The third kappa shape index (κ3) is 2.27. The van der Waals surface area contributed by atoms with Gasteiger partial charge in [0.15, 0.2) is 0 Å². The van der Waals surface area contributed by atoms with E-state index in [1.54, 1.807) is 0 Å². The van der Waals surface area contributed by atoms with E-state index in [-0.39, 0.29) is 6.10 Å². The maximum atomic E-state index is 5.57. The van der Waals surface area contributed by atoms with Crippen LogP contribution in [0, 0.1) is 6.92 Å². The van der Waals surface area contributed by atoms with Crippen LogP contribution in [0.5, 0.6) is 0 Å². The van der Waals surface area contributed by atoms with Crippen LogP contribution in [-0.4, -0.2) is 29.8 Å². The van der Waals surface area contributed by atoms with Crippen LogP contribution in [-0.2, 0) is 4.74 Å². The summed E-state index contributed by atoms with van der Waals surface area (Å²) in [6, 6.07) is 8.04. The van der Waals surface area contributed by atoms with E-state index in [0.29, 0.717) is 18.3 Å². The molecule has 2 heterocycles. The minimum absolute atomic E-state index is 0.134. The van der Waals surface area contributed by atoms with Crippen molar-refractivity contribution in [2.45, 2.75) is 13.0 Å². The van der Waals surface area contributed by atoms with Crippen molar-refractivity contribution in [1.82, 2.24) is 15.5 Å². The molecule has 2 aromatic rings. The largest absolute Gasteiger partial charge is 0.366 e. The summed E-state index contributed by atoms with van der Waals surface area (Å²) >= 11 is 0. The van der Waals surface area contributed by atoms with Gasteiger partial charge in [-0.1, -0.05) is 35.0 Å². The number of morpholine rings is 1. The number of hydrogen-bond acceptors (Lipinski definition) is 5. The van der Waals surface area contributed by atoms with Gasteiger partial charge in [0.2, 0.25) is 5.82 Å². The second-order valence-electron chi connectivity index (χ2n) is 4.39. The molecule has 1 atom stereocenters. The number of nitrogens with one attached hydrogen (secondary N) is 1. The third-order valence-corrected chi connectivity index (χ3v) is 2.95. The lowest BCUT2D eigenvalue weighted by atomic mass is 10.1. The summed E-state index contributed by atoms with van der Waals surface area (Å²) in [4.78, 5) is 4.39. The van der Waals surface area contributed by atoms with Crippen LogP contribution >= 0.6 is 0 Å². The minimum atomic E-state index is -0.134. The lowest BCUT2D eigenvalue weighted by Crippen LogP contribution is -2.33. The summed E-state index contributed by atoms with van der Waals surface area (Å²) in [6.45, 7) is 4.31. The molecule has 0 unspecified atom stereocenters. The molecule has 1 N–H and O–H groups in total. The van der Waals surface area contributed by atoms with Gasteiger partial charge in [0.1, 0.15) is 6.10 Å². The predicted octanol–water partition coefficient (Wildman–Crippen LogP) is 1.71. The fourth-order valence-corrected chi connectivity index (χ4v) is 1.91. The monoisotopic (exact) mass is 245 g/mol. The molecule has 0 spiro atoms. The van der Waals surface area contributed by atoms with Gasteiger partial charge >= 0.3 is 0 Å². The van der Waals surface area contributed by atoms with Crippen molar-refractivity contribution in [1.29, 1.82) is 0 Å². The number of benzene rings is 1. The van der Waals surface area contributed by atoms with E-state index in [1.165, 1.54) is 5.56 Å². The zero-order chi connectivity index (χ0) is 12.4. The fraction of sp³-hybridized carbons (Fsp3) is 0.385. The quantitative estimate of drug-likeness (QED) is 0.872. The molecular weight excluding hydrogens is 230 g/mol. The summed E-state index contributed by atoms with van der Waals surface area (Å²) in [6.07, 6.45) is -0.134. The summed E-state index contributed by atoms with van der Waals surface area (Å²) in [7, 11) is 0. The first-order valence-corrected chi connectivity index (χ1v) is 6.06. The van der Waals surface area contributed by atoms with Gasteiger partial charge in [0.25, 0.3) is 5.89 Å². The molecule has 0 aliphatic carbocycles. The summed E-state index contributed by atoms with van der Waals surface area (Å²) in [5.41, 5.74) is 2.17. The lowest BCUT2D eigenvalue weighted by molar-refractivity contribution is 0.00755. The van der Waals surface area contributed by atoms with Crippen molar-refractivity contribution in [2.24, 2.45) is 0 Å². The highest BCUT2D eigenvalue weighted by Crippen LogP contribution is 2.21. The molecule has 1 fully saturated rings. The Morgan fingerprint density at radius 3 is 2.83 bits per heavy atom. The fourth-order valence-electron chi connectivity index (χ4n) is 1.91. The van der Waals surface area contributed by atoms with Crippen molar-refractivity contribution < 1.29 is 9.26 Å². The number of hydrogen-bond donors (Lipinski definition) is 1. The smallest absolute Gasteiger partial charge is 0.257 e. The zero-order valence-electron chi connectivity index (χ0n) is 10.2. The van der Waals surface area contributed by atoms with Gasteiger partial charge in [0.05, 0.1) is 6.61 Å². The summed E-state index contributed by atoms with van der Waals surface area (Å²) in [5, 5.41) is 7.23. The SMILES string of the molecule is Cc1ccc(-c2noc([C@@H]3CNCCO3)n2)cc1. The Hall–Kier alpha value is -1.72. The number of rotatable bonds is 2. The van der Waals surface area contributed by atoms with E-state index in [0.717, 1.165) is 18.7 Å². The van der Waals surface area contributed by atoms with E-state index in [1.807, 2.05) is 31.2 Å². The van der Waals surface area contributed by atoms with Crippen molar-refractivity contribution >= 4 is 0 Å². The standard InChI is InChI=1S/C13H15N3O2/c1-9-2-4-10(5-3-9)12-15-13(18-16-12)11-8-14-6-7-17-11/h2-5,11,14H,6-8H2,1H3/t11-/m0/s1. The van der Waals surface area contributed by atoms with Crippen molar-refractivity contribution in [3.05, 3.63) is 35.7 Å². The highest BCUT2D eigenvalue weighted by molar-refractivity contribution is 5.54. The van der Waals surface area contributed by atoms with Gasteiger partial charge in [0, 0.05) is 18.7 Å². The number of nitrogens with zero attached hydrogens (tertiary/aromatic N) is 2. The van der Waals surface area contributed by atoms with Crippen LogP contribution in [0.4, 0.5) is 0 Å². The third-order valence-electron chi connectivity index (χ3n) is 2.95. The molecule has 0 amide bonds. The van der Waals surface area contributed by atoms with E-state index < -0.39 is 0 Å². The molecule has 94 valence electrons. The molecule has 1 aromatic carbocycles. The maximum Gasteiger partial charge on any atom is 0.257 e. The Bertz CT molecular complexity index is 515. The van der Waals surface area contributed by atoms with Crippen LogP contribution in [0.15, 0.2) is 28.8 Å². The van der Waals surface area contributed by atoms with Gasteiger partial charge in [-0.3, -0.25) is 0 Å². The topological polar surface area (TPSA) is 60.2 Å². The summed E-state index contributed by atoms with van der Waals surface area (Å²) in [5.74, 6) is 1.15. The molecule has 0 bridgehead atoms. The highest BCUT2D eigenvalue weighted by Gasteiger charge is 2.22. The molecule has 3 rings (SSSR count). The zero-order valence-corrected chi connectivity index (χ0v) is 10.2. The molecular formula is C13H15N3O2. The second-order valence-corrected chi connectivity index (χ2v) is 4.39. The van der Waals surface area contributed by atoms with Gasteiger partial charge in [-0.2, -0.15) is 4.98 Å². The molecule has 1 aliphatic rings. The predicted molar refractivity (Wildman–Crippen MR) is 66.0 cm³/mol. The van der Waals surface area contributed by atoms with Crippen LogP contribution < -0.4 is 5.32 Å². The maximum absolute atomic E-state index is 5.57. The van der Waals surface area contributed by atoms with Crippen molar-refractivity contribution in [3.63, 3.8) is 0 Å². The van der Waals surface area contributed by atoms with Crippen molar-refractivity contribution in [3.8, 4) is 11.4 Å². The summed E-state index contributed by atoms with van der Waals surface area (Å²) < 4.78 is 10.8. The molecule has 1 aromatic heterocycles. The average molecular weight is 245 g/mol. The molecule has 1 saturated heterocycles. The molecule has 18 heavy (non-hydrogen) atoms. The highest BCUT2D eigenvalue weighted by atomic mass is 16.5. The van der Waals surface area contributed by atoms with Gasteiger partial charge in [-0.05, 0) is 6.92 Å². The second kappa shape index (κ2) is 4.88. The minimum Gasteiger partial charge on any atom is -0.366 e. The van der Waals surface area contributed by atoms with E-state index >= 15 is 0 Å². The molecule has 5 heteroatoms. The average Bonchev–Trinajstić information content (AvgIpc) is 2.90. The van der Waals surface area contributed by atoms with Crippen LogP contribution in [0.25, 0.3) is 11.4 Å². The first kappa shape index (κ1) is 11.4. The molecule has 0 saturated carbocycles. The Morgan fingerprint density at radius 2 is 2.11 bits per heavy atom. The number of ether oxygens (including phenoxy) is 1. The Balaban J connectivity index is 1.82. The molecule has 1 aliphatic heterocycles. The van der Waals surface area contributed by atoms with Gasteiger partial charge < -0.3 is 14.6 Å². The Kier molecular flexibility index (Phi) is 3.08. The number of aromatic nitrogens is 2. The van der Waals surface area contributed by atoms with E-state index in [9.17, 15) is 0 Å². The first-order valence-electron chi connectivity index (χ1n) is 6.06. The lowest BCUT2D eigenvalue weighted by Gasteiger charge is -2.19. The first-order chi connectivity index (χ1) is 8.83. The van der Waals surface area contributed by atoms with Gasteiger partial charge in [-0.25, -0.2) is 0 Å². The van der Waals surface area contributed by atoms with Crippen LogP contribution in [0.1, 0.15) is 17.6 Å². The molecule has 0 radical (unpaired) electrons.